The van der Waals surface area contributed by atoms with Crippen LogP contribution in [0.2, 0.25) is 0 Å². The van der Waals surface area contributed by atoms with E-state index in [-0.39, 0.29) is 0 Å². The summed E-state index contributed by atoms with van der Waals surface area (Å²) in [7, 11) is 3.10. The van der Waals surface area contributed by atoms with Crippen LogP contribution in [-0.2, 0) is 16.1 Å². The van der Waals surface area contributed by atoms with Gasteiger partial charge < -0.3 is 23.5 Å². The molecular formula is C25H23NO7. The lowest BCUT2D eigenvalue weighted by molar-refractivity contribution is -0.137. The first-order chi connectivity index (χ1) is 15.8. The highest BCUT2D eigenvalue weighted by Crippen LogP contribution is 2.34. The molecule has 8 heteroatoms. The molecule has 0 spiro atoms. The van der Waals surface area contributed by atoms with Crippen molar-refractivity contribution in [3.8, 4) is 17.2 Å². The summed E-state index contributed by atoms with van der Waals surface area (Å²) in [6, 6.07) is 11.9. The Balaban J connectivity index is 1.51. The van der Waals surface area contributed by atoms with E-state index in [1.165, 1.54) is 12.1 Å². The van der Waals surface area contributed by atoms with Crippen LogP contribution in [0.3, 0.4) is 0 Å². The van der Waals surface area contributed by atoms with Gasteiger partial charge in [-0.1, -0.05) is 11.2 Å². The summed E-state index contributed by atoms with van der Waals surface area (Å²) in [5.41, 5.74) is 1.36. The van der Waals surface area contributed by atoms with Gasteiger partial charge in [-0.25, -0.2) is 9.59 Å². The molecule has 0 atom stereocenters. The number of methoxy groups -OCH3 is 2. The Bertz CT molecular complexity index is 1330. The van der Waals surface area contributed by atoms with E-state index in [1.807, 2.05) is 19.9 Å². The molecule has 4 rings (SSSR count). The largest absolute Gasteiger partial charge is 0.493 e. The van der Waals surface area contributed by atoms with Crippen molar-refractivity contribution in [1.82, 2.24) is 0 Å². The first kappa shape index (κ1) is 22.1. The van der Waals surface area contributed by atoms with Gasteiger partial charge in [-0.15, -0.1) is 0 Å². The molecule has 0 bridgehead atoms. The summed E-state index contributed by atoms with van der Waals surface area (Å²) >= 11 is 0. The van der Waals surface area contributed by atoms with E-state index >= 15 is 0 Å². The second-order valence-electron chi connectivity index (χ2n) is 7.94. The van der Waals surface area contributed by atoms with Crippen molar-refractivity contribution in [2.75, 3.05) is 14.2 Å². The highest BCUT2D eigenvalue weighted by Gasteiger charge is 2.34. The second-order valence-corrected chi connectivity index (χ2v) is 7.94. The maximum absolute atomic E-state index is 12.2. The molecule has 0 radical (unpaired) electrons. The van der Waals surface area contributed by atoms with Gasteiger partial charge in [0.1, 0.15) is 22.6 Å². The number of hydrogen-bond acceptors (Lipinski definition) is 8. The van der Waals surface area contributed by atoms with Gasteiger partial charge >= 0.3 is 11.6 Å². The number of ether oxygens (including phenoxy) is 3. The lowest BCUT2D eigenvalue weighted by atomic mass is 9.91. The summed E-state index contributed by atoms with van der Waals surface area (Å²) in [4.78, 5) is 28.9. The number of benzene rings is 2. The molecule has 0 fully saturated rings. The van der Waals surface area contributed by atoms with Gasteiger partial charge in [0.15, 0.2) is 11.5 Å². The molecule has 1 aromatic heterocycles. The standard InChI is InChI=1S/C25H23NO7/c1-25(2)22(13-17-12-16-7-10-23(27)31-19(16)14-20(17)32-25)26-33-24(28)9-6-15-5-8-18(29-3)21(11-15)30-4/h5-12,14H,13H2,1-4H3/b9-6+,26-22+. The third kappa shape index (κ3) is 4.74. The summed E-state index contributed by atoms with van der Waals surface area (Å²) in [5, 5.41) is 4.84. The van der Waals surface area contributed by atoms with E-state index in [1.54, 1.807) is 50.6 Å². The minimum absolute atomic E-state index is 0.421. The average molecular weight is 449 g/mol. The Morgan fingerprint density at radius 3 is 2.61 bits per heavy atom. The van der Waals surface area contributed by atoms with E-state index in [0.29, 0.717) is 35.0 Å². The van der Waals surface area contributed by atoms with Crippen molar-refractivity contribution >= 4 is 28.7 Å². The predicted molar refractivity (Wildman–Crippen MR) is 123 cm³/mol. The summed E-state index contributed by atoms with van der Waals surface area (Å²) < 4.78 is 21.8. The van der Waals surface area contributed by atoms with Crippen LogP contribution in [0.25, 0.3) is 17.0 Å². The van der Waals surface area contributed by atoms with Crippen LogP contribution < -0.4 is 19.8 Å². The number of fused-ring (bicyclic) bond motifs is 2. The maximum Gasteiger partial charge on any atom is 0.358 e. The molecule has 3 aromatic rings. The first-order valence-electron chi connectivity index (χ1n) is 10.2. The zero-order chi connectivity index (χ0) is 23.6. The first-order valence-corrected chi connectivity index (χ1v) is 10.2. The van der Waals surface area contributed by atoms with Crippen LogP contribution in [0.5, 0.6) is 17.2 Å². The van der Waals surface area contributed by atoms with Crippen LogP contribution in [0, 0.1) is 0 Å². The van der Waals surface area contributed by atoms with Crippen molar-refractivity contribution in [2.45, 2.75) is 25.9 Å². The molecule has 33 heavy (non-hydrogen) atoms. The quantitative estimate of drug-likeness (QED) is 0.250. The van der Waals surface area contributed by atoms with Crippen molar-refractivity contribution < 1.29 is 28.3 Å². The lowest BCUT2D eigenvalue weighted by Gasteiger charge is -2.33. The Hall–Kier alpha value is -4.07. The maximum atomic E-state index is 12.2. The molecular weight excluding hydrogens is 426 g/mol. The number of rotatable bonds is 5. The van der Waals surface area contributed by atoms with Crippen LogP contribution in [0.1, 0.15) is 25.0 Å². The number of carbonyl (C=O) groups excluding carboxylic acids is 1. The Morgan fingerprint density at radius 1 is 1.06 bits per heavy atom. The molecule has 1 aliphatic rings. The van der Waals surface area contributed by atoms with E-state index in [9.17, 15) is 9.59 Å². The molecule has 8 nitrogen and oxygen atoms in total. The van der Waals surface area contributed by atoms with Crippen LogP contribution in [0.15, 0.2) is 62.9 Å². The number of oxime groups is 1. The van der Waals surface area contributed by atoms with Gasteiger partial charge in [0.2, 0.25) is 0 Å². The second kappa shape index (κ2) is 8.82. The van der Waals surface area contributed by atoms with Crippen LogP contribution in [0.4, 0.5) is 0 Å². The third-order valence-corrected chi connectivity index (χ3v) is 5.29. The summed E-state index contributed by atoms with van der Waals surface area (Å²) in [6.07, 6.45) is 3.30. The zero-order valence-corrected chi connectivity index (χ0v) is 18.7. The Kier molecular flexibility index (Phi) is 5.91. The van der Waals surface area contributed by atoms with E-state index < -0.39 is 17.2 Å². The average Bonchev–Trinajstić information content (AvgIpc) is 2.79. The van der Waals surface area contributed by atoms with Gasteiger partial charge in [0.25, 0.3) is 0 Å². The normalized spacial score (nSPS) is 15.8. The molecule has 0 saturated heterocycles. The molecule has 0 N–H and O–H groups in total. The Labute approximate surface area is 190 Å². The highest BCUT2D eigenvalue weighted by molar-refractivity contribution is 5.97. The van der Waals surface area contributed by atoms with Crippen molar-refractivity contribution in [1.29, 1.82) is 0 Å². The molecule has 2 heterocycles. The molecule has 0 unspecified atom stereocenters. The van der Waals surface area contributed by atoms with Gasteiger partial charge in [0.05, 0.1) is 14.2 Å². The minimum atomic E-state index is -0.816. The predicted octanol–water partition coefficient (Wildman–Crippen LogP) is 4.14. The third-order valence-electron chi connectivity index (χ3n) is 5.29. The number of hydrogen-bond donors (Lipinski definition) is 0. The molecule has 170 valence electrons. The zero-order valence-electron chi connectivity index (χ0n) is 18.7. The molecule has 2 aromatic carbocycles. The molecule has 0 aliphatic carbocycles. The fourth-order valence-electron chi connectivity index (χ4n) is 3.50. The van der Waals surface area contributed by atoms with Crippen molar-refractivity contribution in [2.24, 2.45) is 5.16 Å². The fraction of sp³-hybridized carbons (Fsp3) is 0.240. The lowest BCUT2D eigenvalue weighted by Crippen LogP contribution is -2.43. The smallest absolute Gasteiger partial charge is 0.358 e. The number of nitrogens with zero attached hydrogens (tertiary/aromatic N) is 1. The van der Waals surface area contributed by atoms with Gasteiger partial charge in [-0.3, -0.25) is 0 Å². The van der Waals surface area contributed by atoms with Gasteiger partial charge in [-0.2, -0.15) is 0 Å². The van der Waals surface area contributed by atoms with E-state index in [0.717, 1.165) is 16.5 Å². The number of carbonyl (C=O) groups is 1. The fourth-order valence-corrected chi connectivity index (χ4v) is 3.50. The van der Waals surface area contributed by atoms with Gasteiger partial charge in [0, 0.05) is 35.6 Å². The van der Waals surface area contributed by atoms with Crippen LogP contribution >= 0.6 is 0 Å². The highest BCUT2D eigenvalue weighted by atomic mass is 16.7. The molecule has 0 saturated carbocycles. The topological polar surface area (TPSA) is 96.6 Å². The Morgan fingerprint density at radius 2 is 1.85 bits per heavy atom. The van der Waals surface area contributed by atoms with E-state index in [2.05, 4.69) is 5.16 Å². The SMILES string of the molecule is COc1ccc(/C=C/C(=O)O/N=C2\Cc3cc4ccc(=O)oc4cc3OC2(C)C)cc1OC. The summed E-state index contributed by atoms with van der Waals surface area (Å²) in [6.45, 7) is 3.65. The monoisotopic (exact) mass is 449 g/mol. The minimum Gasteiger partial charge on any atom is -0.493 e. The molecule has 1 aliphatic heterocycles. The molecule has 0 amide bonds. The van der Waals surface area contributed by atoms with Crippen LogP contribution in [-0.4, -0.2) is 31.5 Å². The van der Waals surface area contributed by atoms with Gasteiger partial charge in [-0.05, 0) is 49.8 Å². The van der Waals surface area contributed by atoms with Crippen molar-refractivity contribution in [3.63, 3.8) is 0 Å². The van der Waals surface area contributed by atoms with Crippen molar-refractivity contribution in [3.05, 3.63) is 70.1 Å². The van der Waals surface area contributed by atoms with E-state index in [4.69, 9.17) is 23.5 Å². The summed E-state index contributed by atoms with van der Waals surface area (Å²) in [5.74, 6) is 1.12.